The Bertz CT molecular complexity index is 1140. The molecule has 4 rings (SSSR count). The predicted octanol–water partition coefficient (Wildman–Crippen LogP) is 5.65. The number of aryl methyl sites for hydroxylation is 1. The van der Waals surface area contributed by atoms with Crippen molar-refractivity contribution in [3.63, 3.8) is 0 Å². The van der Waals surface area contributed by atoms with Crippen molar-refractivity contribution in [2.75, 3.05) is 5.32 Å². The van der Waals surface area contributed by atoms with Crippen LogP contribution in [-0.2, 0) is 27.4 Å². The van der Waals surface area contributed by atoms with Gasteiger partial charge in [-0.1, -0.05) is 67.4 Å². The number of nitrogens with one attached hydrogen (secondary N) is 1. The molecule has 1 aliphatic carbocycles. The summed E-state index contributed by atoms with van der Waals surface area (Å²) < 4.78 is 13.0. The van der Waals surface area contributed by atoms with E-state index in [4.69, 9.17) is 9.47 Å². The highest BCUT2D eigenvalue weighted by molar-refractivity contribution is 5.90. The standard InChI is InChI=1S/C27H31N3O5/c1-3-30-16-23(28-27(33)35-18(2)21-7-5-4-6-8-21)25(29-30)22-13-11-20(12-14-22)17-34-24(26(31)32)15-19-9-10-19/h4-8,11-14,16,18-19,24H,3,9-10,15,17H2,1-2H3,(H,28,33)(H,31,32). The SMILES string of the molecule is CCn1cc(NC(=O)OC(C)c2ccccc2)c(-c2ccc(COC(CC3CC3)C(=O)O)cc2)n1. The number of rotatable bonds is 11. The fourth-order valence-electron chi connectivity index (χ4n) is 3.83. The molecule has 8 nitrogen and oxygen atoms in total. The molecular formula is C27H31N3O5. The number of hydrogen-bond acceptors (Lipinski definition) is 5. The van der Waals surface area contributed by atoms with E-state index < -0.39 is 24.3 Å². The number of aromatic nitrogens is 2. The van der Waals surface area contributed by atoms with E-state index in [1.807, 2.05) is 68.4 Å². The molecule has 184 valence electrons. The van der Waals surface area contributed by atoms with E-state index in [0.29, 0.717) is 30.3 Å². The van der Waals surface area contributed by atoms with Crippen molar-refractivity contribution in [1.82, 2.24) is 9.78 Å². The highest BCUT2D eigenvalue weighted by Crippen LogP contribution is 2.34. The van der Waals surface area contributed by atoms with Crippen LogP contribution in [0.5, 0.6) is 0 Å². The number of carbonyl (C=O) groups is 2. The van der Waals surface area contributed by atoms with Crippen molar-refractivity contribution in [2.24, 2.45) is 5.92 Å². The molecule has 0 bridgehead atoms. The highest BCUT2D eigenvalue weighted by Gasteiger charge is 2.29. The minimum Gasteiger partial charge on any atom is -0.479 e. The monoisotopic (exact) mass is 477 g/mol. The molecule has 1 fully saturated rings. The second kappa shape index (κ2) is 11.2. The highest BCUT2D eigenvalue weighted by atomic mass is 16.6. The summed E-state index contributed by atoms with van der Waals surface area (Å²) in [7, 11) is 0. The van der Waals surface area contributed by atoms with E-state index in [1.165, 1.54) is 0 Å². The maximum absolute atomic E-state index is 12.6. The molecule has 3 aromatic rings. The van der Waals surface area contributed by atoms with Crippen LogP contribution in [0.25, 0.3) is 11.3 Å². The lowest BCUT2D eigenvalue weighted by atomic mass is 10.1. The predicted molar refractivity (Wildman–Crippen MR) is 132 cm³/mol. The van der Waals surface area contributed by atoms with Crippen LogP contribution in [0.1, 0.15) is 50.3 Å². The smallest absolute Gasteiger partial charge is 0.412 e. The molecule has 0 radical (unpaired) electrons. The zero-order chi connectivity index (χ0) is 24.8. The van der Waals surface area contributed by atoms with Crippen molar-refractivity contribution in [3.8, 4) is 11.3 Å². The van der Waals surface area contributed by atoms with Gasteiger partial charge in [-0.25, -0.2) is 9.59 Å². The van der Waals surface area contributed by atoms with E-state index >= 15 is 0 Å². The third-order valence-electron chi connectivity index (χ3n) is 6.07. The number of anilines is 1. The van der Waals surface area contributed by atoms with E-state index in [2.05, 4.69) is 10.4 Å². The van der Waals surface area contributed by atoms with Gasteiger partial charge in [-0.3, -0.25) is 10.00 Å². The molecule has 1 amide bonds. The molecular weight excluding hydrogens is 446 g/mol. The summed E-state index contributed by atoms with van der Waals surface area (Å²) in [5, 5.41) is 16.8. The van der Waals surface area contributed by atoms with Gasteiger partial charge in [-0.2, -0.15) is 5.10 Å². The summed E-state index contributed by atoms with van der Waals surface area (Å²) in [6, 6.07) is 17.1. The normalized spacial score (nSPS) is 14.8. The van der Waals surface area contributed by atoms with Crippen LogP contribution in [-0.4, -0.2) is 33.1 Å². The molecule has 1 aromatic heterocycles. The first kappa shape index (κ1) is 24.5. The van der Waals surface area contributed by atoms with Crippen molar-refractivity contribution in [2.45, 2.75) is 58.5 Å². The second-order valence-corrected chi connectivity index (χ2v) is 8.84. The summed E-state index contributed by atoms with van der Waals surface area (Å²) in [6.45, 7) is 4.67. The summed E-state index contributed by atoms with van der Waals surface area (Å²) in [5.41, 5.74) is 3.78. The first-order valence-electron chi connectivity index (χ1n) is 12.0. The third kappa shape index (κ3) is 6.70. The maximum atomic E-state index is 12.6. The van der Waals surface area contributed by atoms with Crippen molar-refractivity contribution in [3.05, 3.63) is 71.9 Å². The molecule has 2 unspecified atom stereocenters. The maximum Gasteiger partial charge on any atom is 0.412 e. The number of carboxylic acids is 1. The zero-order valence-electron chi connectivity index (χ0n) is 20.0. The van der Waals surface area contributed by atoms with E-state index in [9.17, 15) is 14.7 Å². The molecule has 2 atom stereocenters. The van der Waals surface area contributed by atoms with Crippen molar-refractivity contribution >= 4 is 17.7 Å². The van der Waals surface area contributed by atoms with Crippen LogP contribution in [0.15, 0.2) is 60.8 Å². The Hall–Kier alpha value is -3.65. The van der Waals surface area contributed by atoms with E-state index in [-0.39, 0.29) is 6.61 Å². The van der Waals surface area contributed by atoms with Crippen LogP contribution in [0.3, 0.4) is 0 Å². The Morgan fingerprint density at radius 1 is 1.14 bits per heavy atom. The van der Waals surface area contributed by atoms with Gasteiger partial charge in [0, 0.05) is 18.3 Å². The molecule has 0 spiro atoms. The van der Waals surface area contributed by atoms with Crippen molar-refractivity contribution < 1.29 is 24.2 Å². The second-order valence-electron chi connectivity index (χ2n) is 8.84. The summed E-state index contributed by atoms with van der Waals surface area (Å²) >= 11 is 0. The van der Waals surface area contributed by atoms with Crippen LogP contribution in [0, 0.1) is 5.92 Å². The lowest BCUT2D eigenvalue weighted by Gasteiger charge is -2.14. The van der Waals surface area contributed by atoms with Crippen LogP contribution < -0.4 is 5.32 Å². The molecule has 35 heavy (non-hydrogen) atoms. The van der Waals surface area contributed by atoms with E-state index in [1.54, 1.807) is 10.9 Å². The first-order chi connectivity index (χ1) is 16.9. The number of amides is 1. The van der Waals surface area contributed by atoms with Gasteiger partial charge < -0.3 is 14.6 Å². The minimum atomic E-state index is -0.914. The average Bonchev–Trinajstić information content (AvgIpc) is 3.60. The molecule has 2 aromatic carbocycles. The Morgan fingerprint density at radius 3 is 2.49 bits per heavy atom. The number of benzene rings is 2. The molecule has 2 N–H and O–H groups in total. The fourth-order valence-corrected chi connectivity index (χ4v) is 3.83. The minimum absolute atomic E-state index is 0.224. The van der Waals surface area contributed by atoms with Crippen LogP contribution in [0.4, 0.5) is 10.5 Å². The van der Waals surface area contributed by atoms with Gasteiger partial charge in [-0.15, -0.1) is 0 Å². The van der Waals surface area contributed by atoms with Gasteiger partial charge in [0.2, 0.25) is 0 Å². The summed E-state index contributed by atoms with van der Waals surface area (Å²) in [5.74, 6) is -0.441. The lowest BCUT2D eigenvalue weighted by molar-refractivity contribution is -0.152. The number of nitrogens with zero attached hydrogens (tertiary/aromatic N) is 2. The number of aliphatic carboxylic acids is 1. The van der Waals surface area contributed by atoms with Crippen molar-refractivity contribution in [1.29, 1.82) is 0 Å². The van der Waals surface area contributed by atoms with E-state index in [0.717, 1.165) is 29.5 Å². The quantitative estimate of drug-likeness (QED) is 0.370. The molecule has 8 heteroatoms. The largest absolute Gasteiger partial charge is 0.479 e. The van der Waals surface area contributed by atoms with Gasteiger partial charge in [0.05, 0.1) is 12.3 Å². The fraction of sp³-hybridized carbons (Fsp3) is 0.370. The molecule has 1 saturated carbocycles. The molecule has 1 heterocycles. The Labute approximate surface area is 204 Å². The first-order valence-corrected chi connectivity index (χ1v) is 12.0. The molecule has 1 aliphatic rings. The number of carboxylic acid groups (broad SMARTS) is 1. The van der Waals surface area contributed by atoms with Gasteiger partial charge in [0.1, 0.15) is 11.8 Å². The number of hydrogen-bond donors (Lipinski definition) is 2. The van der Waals surface area contributed by atoms with Gasteiger partial charge >= 0.3 is 12.1 Å². The zero-order valence-corrected chi connectivity index (χ0v) is 20.0. The Morgan fingerprint density at radius 2 is 1.86 bits per heavy atom. The lowest BCUT2D eigenvalue weighted by Crippen LogP contribution is -2.24. The third-order valence-corrected chi connectivity index (χ3v) is 6.07. The van der Waals surface area contributed by atoms with Gasteiger partial charge in [-0.05, 0) is 37.3 Å². The topological polar surface area (TPSA) is 103 Å². The average molecular weight is 478 g/mol. The van der Waals surface area contributed by atoms with Gasteiger partial charge in [0.15, 0.2) is 6.10 Å². The molecule has 0 aliphatic heterocycles. The summed E-state index contributed by atoms with van der Waals surface area (Å²) in [4.78, 5) is 24.0. The number of ether oxygens (including phenoxy) is 2. The van der Waals surface area contributed by atoms with Crippen LogP contribution in [0.2, 0.25) is 0 Å². The Balaban J connectivity index is 1.41. The van der Waals surface area contributed by atoms with Crippen LogP contribution >= 0.6 is 0 Å². The Kier molecular flexibility index (Phi) is 7.82. The number of carbonyl (C=O) groups excluding carboxylic acids is 1. The molecule has 0 saturated heterocycles. The summed E-state index contributed by atoms with van der Waals surface area (Å²) in [6.07, 6.45) is 2.78. The van der Waals surface area contributed by atoms with Gasteiger partial charge in [0.25, 0.3) is 0 Å².